The molecular weight excluding hydrogens is 780 g/mol. The number of Topliss-reactive ketones (excluding diaryl/α,β-unsaturated/α-hetero) is 1. The van der Waals surface area contributed by atoms with Crippen molar-refractivity contribution in [3.63, 3.8) is 0 Å². The average molecular weight is 816 g/mol. The summed E-state index contributed by atoms with van der Waals surface area (Å²) < 4.78 is 0. The molecule has 55 heavy (non-hydrogen) atoms. The zero-order valence-electron chi connectivity index (χ0n) is 29.8. The Balaban J connectivity index is 1.30. The van der Waals surface area contributed by atoms with Crippen molar-refractivity contribution in [1.29, 1.82) is 0 Å². The third kappa shape index (κ3) is 4.87. The molecule has 0 aliphatic carbocycles. The molecule has 13 heteroatoms. The normalized spacial score (nSPS) is 29.5. The second-order valence-electron chi connectivity index (χ2n) is 15.2. The summed E-state index contributed by atoms with van der Waals surface area (Å²) >= 11 is 26.5. The highest BCUT2D eigenvalue weighted by Gasteiger charge is 2.75. The third-order valence-electron chi connectivity index (χ3n) is 12.7. The molecule has 0 radical (unpaired) electrons. The van der Waals surface area contributed by atoms with E-state index in [9.17, 15) is 9.59 Å². The van der Waals surface area contributed by atoms with Gasteiger partial charge in [0.15, 0.2) is 5.78 Å². The van der Waals surface area contributed by atoms with Crippen LogP contribution in [0, 0.1) is 11.3 Å². The topological polar surface area (TPSA) is 102 Å². The lowest BCUT2D eigenvalue weighted by molar-refractivity contribution is -0.155. The van der Waals surface area contributed by atoms with Gasteiger partial charge in [-0.05, 0) is 74.1 Å². The Morgan fingerprint density at radius 3 is 2.13 bits per heavy atom. The number of nitrogens with zero attached hydrogens (tertiary/aromatic N) is 3. The minimum Gasteiger partial charge on any atom is -0.337 e. The van der Waals surface area contributed by atoms with Crippen LogP contribution in [0.3, 0.4) is 0 Å². The highest BCUT2D eigenvalue weighted by atomic mass is 35.5. The molecule has 3 saturated heterocycles. The second kappa shape index (κ2) is 12.9. The number of halogens is 4. The fourth-order valence-corrected chi connectivity index (χ4v) is 11.5. The predicted octanol–water partition coefficient (Wildman–Crippen LogP) is 7.46. The smallest absolute Gasteiger partial charge is 0.250 e. The van der Waals surface area contributed by atoms with Gasteiger partial charge in [0, 0.05) is 80.3 Å². The highest BCUT2D eigenvalue weighted by Crippen LogP contribution is 2.65. The number of nitrogens with one attached hydrogen (secondary N) is 2. The molecule has 280 valence electrons. The summed E-state index contributed by atoms with van der Waals surface area (Å²) in [5, 5.41) is 7.62. The molecule has 2 N–H and O–H groups in total. The fraction of sp³-hybridized carbons (Fsp3) is 0.286. The Labute approximate surface area is 338 Å². The SMILES string of the molecule is CN1CC[C@@H](C(=O)N2C/C(=C\c3ccc(Cl)cc3Cl)C(=O)[C@@]3(C2)[C@H](c2ccc(Cl)cc2Cl)CN(C)[C@]32C(=O)Nc3ccccc32)[C@@]12C(=O)Nc1ccccc12. The van der Waals surface area contributed by atoms with E-state index in [1.165, 1.54) is 0 Å². The van der Waals surface area contributed by atoms with E-state index in [1.54, 1.807) is 47.4 Å². The summed E-state index contributed by atoms with van der Waals surface area (Å²) in [6, 6.07) is 25.0. The van der Waals surface area contributed by atoms with Gasteiger partial charge in [-0.25, -0.2) is 0 Å². The Bertz CT molecular complexity index is 2400. The molecule has 3 fully saturated rings. The number of carbonyl (C=O) groups is 4. The molecule has 4 aromatic rings. The van der Waals surface area contributed by atoms with Gasteiger partial charge in [0.1, 0.15) is 11.1 Å². The van der Waals surface area contributed by atoms with Crippen LogP contribution >= 0.6 is 46.4 Å². The molecule has 4 aromatic carbocycles. The quantitative estimate of drug-likeness (QED) is 0.209. The first-order valence-corrected chi connectivity index (χ1v) is 19.6. The monoisotopic (exact) mass is 813 g/mol. The van der Waals surface area contributed by atoms with Gasteiger partial charge >= 0.3 is 0 Å². The van der Waals surface area contributed by atoms with Crippen molar-refractivity contribution >= 4 is 87.4 Å². The van der Waals surface area contributed by atoms with Crippen molar-refractivity contribution in [3.8, 4) is 0 Å². The fourth-order valence-electron chi connectivity index (χ4n) is 10.5. The lowest BCUT2D eigenvalue weighted by atomic mass is 9.56. The zero-order chi connectivity index (χ0) is 38.6. The van der Waals surface area contributed by atoms with Crippen LogP contribution in [-0.2, 0) is 30.3 Å². The van der Waals surface area contributed by atoms with Crippen molar-refractivity contribution in [1.82, 2.24) is 14.7 Å². The molecular formula is C42H35Cl4N5O4. The van der Waals surface area contributed by atoms with Gasteiger partial charge < -0.3 is 15.5 Å². The number of rotatable bonds is 3. The van der Waals surface area contributed by atoms with Crippen LogP contribution in [0.5, 0.6) is 0 Å². The standard InChI is InChI=1S/C42H35Cl4N5O4/c1-49-16-15-30(41(49)28-7-3-5-9-34(28)47-38(41)54)37(53)51-20-24(17-23-11-12-25(43)18-32(23)45)36(52)40(22-51)31(27-14-13-26(44)19-33(27)46)21-50(2)42(40)29-8-4-6-10-35(29)48-39(42)55/h3-14,17-19,30-31H,15-16,20-22H2,1-2H3,(H,47,54)(H,48,55)/b24-17+/t30-,31-,40+,41-,42+/m0/s1. The number of benzene rings is 4. The van der Waals surface area contributed by atoms with Gasteiger partial charge in [-0.3, -0.25) is 29.0 Å². The van der Waals surface area contributed by atoms with Gasteiger partial charge in [0.05, 0.1) is 11.3 Å². The average Bonchev–Trinajstić information content (AvgIpc) is 3.84. The highest BCUT2D eigenvalue weighted by molar-refractivity contribution is 6.36. The minimum absolute atomic E-state index is 0.0813. The van der Waals surface area contributed by atoms with Gasteiger partial charge in [-0.15, -0.1) is 0 Å². The first kappa shape index (κ1) is 36.4. The number of amides is 3. The van der Waals surface area contributed by atoms with E-state index >= 15 is 9.59 Å². The molecule has 0 saturated carbocycles. The van der Waals surface area contributed by atoms with Crippen LogP contribution in [0.4, 0.5) is 11.4 Å². The second-order valence-corrected chi connectivity index (χ2v) is 16.9. The minimum atomic E-state index is -1.62. The summed E-state index contributed by atoms with van der Waals surface area (Å²) in [6.45, 7) is 0.524. The first-order chi connectivity index (χ1) is 26.3. The Kier molecular flexibility index (Phi) is 8.55. The number of para-hydroxylation sites is 2. The van der Waals surface area contributed by atoms with Crippen LogP contribution in [-0.4, -0.2) is 78.5 Å². The first-order valence-electron chi connectivity index (χ1n) is 18.0. The maximum atomic E-state index is 15.9. The van der Waals surface area contributed by atoms with Crippen molar-refractivity contribution in [3.05, 3.63) is 133 Å². The number of anilines is 2. The summed E-state index contributed by atoms with van der Waals surface area (Å²) in [7, 11) is 3.70. The van der Waals surface area contributed by atoms with Crippen LogP contribution in [0.15, 0.2) is 90.5 Å². The number of carbonyl (C=O) groups excluding carboxylic acids is 4. The summed E-state index contributed by atoms with van der Waals surface area (Å²) in [5.74, 6) is -2.75. The number of ketones is 1. The largest absolute Gasteiger partial charge is 0.337 e. The molecule has 3 spiro atoms. The molecule has 0 bridgehead atoms. The number of likely N-dealkylation sites (N-methyl/N-ethyl adjacent to an activating group) is 2. The van der Waals surface area contributed by atoms with E-state index in [1.807, 2.05) is 72.4 Å². The maximum absolute atomic E-state index is 15.9. The molecule has 9 rings (SSSR count). The number of hydrogen-bond acceptors (Lipinski definition) is 6. The summed E-state index contributed by atoms with van der Waals surface area (Å²) in [6.07, 6.45) is 2.10. The number of fused-ring (bicyclic) bond motifs is 5. The van der Waals surface area contributed by atoms with Crippen LogP contribution in [0.25, 0.3) is 6.08 Å². The van der Waals surface area contributed by atoms with E-state index in [-0.39, 0.29) is 48.7 Å². The van der Waals surface area contributed by atoms with E-state index in [2.05, 4.69) is 10.6 Å². The lowest BCUT2D eigenvalue weighted by Crippen LogP contribution is -2.67. The molecule has 5 aliphatic rings. The summed E-state index contributed by atoms with van der Waals surface area (Å²) in [4.78, 5) is 66.2. The van der Waals surface area contributed by atoms with Gasteiger partial charge in [-0.2, -0.15) is 0 Å². The van der Waals surface area contributed by atoms with E-state index in [4.69, 9.17) is 46.4 Å². The van der Waals surface area contributed by atoms with Crippen molar-refractivity contribution in [2.24, 2.45) is 11.3 Å². The maximum Gasteiger partial charge on any atom is 0.250 e. The van der Waals surface area contributed by atoms with Gasteiger partial charge in [0.2, 0.25) is 11.8 Å². The molecule has 5 heterocycles. The Hall–Kier alpha value is -4.22. The molecule has 0 aromatic heterocycles. The van der Waals surface area contributed by atoms with E-state index in [0.717, 1.165) is 5.56 Å². The Morgan fingerprint density at radius 2 is 1.42 bits per heavy atom. The molecule has 5 atom stereocenters. The molecule has 5 aliphatic heterocycles. The zero-order valence-corrected chi connectivity index (χ0v) is 32.9. The number of hydrogen-bond donors (Lipinski definition) is 2. The van der Waals surface area contributed by atoms with E-state index in [0.29, 0.717) is 61.1 Å². The van der Waals surface area contributed by atoms with Gasteiger partial charge in [0.25, 0.3) is 5.91 Å². The predicted molar refractivity (Wildman–Crippen MR) is 215 cm³/mol. The van der Waals surface area contributed by atoms with Crippen molar-refractivity contribution in [2.75, 3.05) is 50.9 Å². The van der Waals surface area contributed by atoms with Crippen LogP contribution in [0.1, 0.15) is 34.6 Å². The van der Waals surface area contributed by atoms with E-state index < -0.39 is 28.3 Å². The molecule has 9 nitrogen and oxygen atoms in total. The lowest BCUT2D eigenvalue weighted by Gasteiger charge is -2.52. The summed E-state index contributed by atoms with van der Waals surface area (Å²) in [5.41, 5.74) is -0.430. The van der Waals surface area contributed by atoms with Crippen LogP contribution < -0.4 is 10.6 Å². The number of likely N-dealkylation sites (tertiary alicyclic amines) is 3. The molecule has 3 amide bonds. The third-order valence-corrected chi connectivity index (χ3v) is 13.8. The van der Waals surface area contributed by atoms with Crippen molar-refractivity contribution in [2.45, 2.75) is 23.4 Å². The van der Waals surface area contributed by atoms with Crippen molar-refractivity contribution < 1.29 is 19.2 Å². The molecule has 0 unspecified atom stereocenters. The Morgan fingerprint density at radius 1 is 0.782 bits per heavy atom. The number of piperidine rings is 1. The van der Waals surface area contributed by atoms with Gasteiger partial charge in [-0.1, -0.05) is 94.9 Å². The van der Waals surface area contributed by atoms with Crippen LogP contribution in [0.2, 0.25) is 20.1 Å².